The summed E-state index contributed by atoms with van der Waals surface area (Å²) in [5.74, 6) is -0.678. The Morgan fingerprint density at radius 2 is 1.81 bits per heavy atom. The maximum Gasteiger partial charge on any atom is 0.255 e. The summed E-state index contributed by atoms with van der Waals surface area (Å²) in [6.07, 6.45) is 4.30. The number of carbonyl (C=O) groups is 2. The molecule has 2 fully saturated rings. The van der Waals surface area contributed by atoms with E-state index in [9.17, 15) is 19.1 Å². The quantitative estimate of drug-likeness (QED) is 0.805. The molecule has 6 heteroatoms. The maximum absolute atomic E-state index is 13.7. The van der Waals surface area contributed by atoms with Gasteiger partial charge in [-0.15, -0.1) is 0 Å². The first-order valence-electron chi connectivity index (χ1n) is 9.19. The second-order valence-electron chi connectivity index (χ2n) is 7.37. The van der Waals surface area contributed by atoms with Crippen molar-refractivity contribution in [3.63, 3.8) is 0 Å². The monoisotopic (exact) mass is 368 g/mol. The lowest BCUT2D eigenvalue weighted by Gasteiger charge is -2.20. The number of fused-ring (bicyclic) bond motifs is 1. The van der Waals surface area contributed by atoms with Gasteiger partial charge in [0.25, 0.3) is 5.91 Å². The summed E-state index contributed by atoms with van der Waals surface area (Å²) in [5, 5.41) is 12.1. The molecule has 140 valence electrons. The number of hydrogen-bond acceptors (Lipinski definition) is 4. The van der Waals surface area contributed by atoms with Crippen LogP contribution in [0.4, 0.5) is 15.8 Å². The number of nitrogens with zero attached hydrogens (tertiary/aromatic N) is 1. The van der Waals surface area contributed by atoms with Crippen LogP contribution in [-0.4, -0.2) is 30.4 Å². The third kappa shape index (κ3) is 3.39. The molecule has 0 bridgehead atoms. The lowest BCUT2D eigenvalue weighted by molar-refractivity contribution is 0.102. The highest BCUT2D eigenvalue weighted by Gasteiger charge is 2.35. The van der Waals surface area contributed by atoms with Crippen LogP contribution >= 0.6 is 0 Å². The summed E-state index contributed by atoms with van der Waals surface area (Å²) >= 11 is 0. The molecule has 27 heavy (non-hydrogen) atoms. The number of rotatable bonds is 4. The molecule has 1 heterocycles. The van der Waals surface area contributed by atoms with E-state index in [2.05, 4.69) is 10.2 Å². The minimum atomic E-state index is -1.00. The highest BCUT2D eigenvalue weighted by atomic mass is 19.1. The number of phenolic OH excluding ortho intramolecular Hbond substituents is 1. The van der Waals surface area contributed by atoms with Crippen LogP contribution < -0.4 is 10.2 Å². The molecule has 2 aromatic carbocycles. The van der Waals surface area contributed by atoms with Crippen LogP contribution in [0.1, 0.15) is 40.0 Å². The Balaban J connectivity index is 1.45. The van der Waals surface area contributed by atoms with Crippen LogP contribution in [0.15, 0.2) is 36.4 Å². The minimum Gasteiger partial charge on any atom is -0.504 e. The highest BCUT2D eigenvalue weighted by Crippen LogP contribution is 2.39. The molecule has 1 amide bonds. The predicted molar refractivity (Wildman–Crippen MR) is 101 cm³/mol. The smallest absolute Gasteiger partial charge is 0.255 e. The van der Waals surface area contributed by atoms with Gasteiger partial charge in [0.1, 0.15) is 0 Å². The van der Waals surface area contributed by atoms with E-state index in [1.807, 2.05) is 24.3 Å². The molecule has 1 aliphatic carbocycles. The summed E-state index contributed by atoms with van der Waals surface area (Å²) in [4.78, 5) is 25.6. The number of phenols is 1. The third-order valence-corrected chi connectivity index (χ3v) is 5.70. The number of nitrogens with one attached hydrogen (secondary N) is 1. The first-order chi connectivity index (χ1) is 13.0. The van der Waals surface area contributed by atoms with Gasteiger partial charge in [0.15, 0.2) is 17.9 Å². The summed E-state index contributed by atoms with van der Waals surface area (Å²) in [5.41, 5.74) is 1.45. The second-order valence-corrected chi connectivity index (χ2v) is 7.37. The predicted octanol–water partition coefficient (Wildman–Crippen LogP) is 3.83. The van der Waals surface area contributed by atoms with Crippen LogP contribution in [0.2, 0.25) is 0 Å². The number of anilines is 2. The number of amides is 1. The maximum atomic E-state index is 13.7. The average molecular weight is 368 g/mol. The highest BCUT2D eigenvalue weighted by molar-refractivity contribution is 6.05. The fourth-order valence-corrected chi connectivity index (χ4v) is 4.25. The Morgan fingerprint density at radius 3 is 2.44 bits per heavy atom. The first-order valence-corrected chi connectivity index (χ1v) is 9.19. The second kappa shape index (κ2) is 7.02. The van der Waals surface area contributed by atoms with Gasteiger partial charge in [-0.1, -0.05) is 6.42 Å². The fourth-order valence-electron chi connectivity index (χ4n) is 4.25. The number of aromatic hydroxyl groups is 1. The SMILES string of the molecule is O=Cc1cc(C(=O)Nc2ccc(N3C[C@H]4CCC[C@H]4C3)cc2)cc(F)c1O. The largest absolute Gasteiger partial charge is 0.504 e. The van der Waals surface area contributed by atoms with E-state index in [-0.39, 0.29) is 11.1 Å². The summed E-state index contributed by atoms with van der Waals surface area (Å²) in [7, 11) is 0. The van der Waals surface area contributed by atoms with Crippen LogP contribution in [0.25, 0.3) is 0 Å². The molecule has 1 saturated heterocycles. The zero-order valence-corrected chi connectivity index (χ0v) is 14.8. The zero-order valence-electron chi connectivity index (χ0n) is 14.8. The van der Waals surface area contributed by atoms with Crippen molar-refractivity contribution in [1.82, 2.24) is 0 Å². The van der Waals surface area contributed by atoms with Crippen molar-refractivity contribution in [1.29, 1.82) is 0 Å². The van der Waals surface area contributed by atoms with Gasteiger partial charge >= 0.3 is 0 Å². The molecule has 0 aromatic heterocycles. The molecule has 0 unspecified atom stereocenters. The van der Waals surface area contributed by atoms with Crippen LogP contribution in [0, 0.1) is 17.7 Å². The van der Waals surface area contributed by atoms with Crippen LogP contribution in [0.3, 0.4) is 0 Å². The Bertz CT molecular complexity index is 870. The molecule has 2 N–H and O–H groups in total. The molecule has 2 atom stereocenters. The fraction of sp³-hybridized carbons (Fsp3) is 0.333. The van der Waals surface area contributed by atoms with Gasteiger partial charge in [-0.05, 0) is 61.1 Å². The topological polar surface area (TPSA) is 69.6 Å². The average Bonchev–Trinajstić information content (AvgIpc) is 3.26. The van der Waals surface area contributed by atoms with Crippen molar-refractivity contribution >= 4 is 23.6 Å². The van der Waals surface area contributed by atoms with E-state index in [4.69, 9.17) is 0 Å². The van der Waals surface area contributed by atoms with Crippen molar-refractivity contribution < 1.29 is 19.1 Å². The van der Waals surface area contributed by atoms with Crippen LogP contribution in [0.5, 0.6) is 5.75 Å². The molecule has 2 aromatic rings. The van der Waals surface area contributed by atoms with E-state index in [0.717, 1.165) is 42.7 Å². The molecule has 4 rings (SSSR count). The van der Waals surface area contributed by atoms with E-state index in [1.165, 1.54) is 19.3 Å². The van der Waals surface area contributed by atoms with Crippen molar-refractivity contribution in [3.8, 4) is 5.75 Å². The molecule has 2 aliphatic rings. The van der Waals surface area contributed by atoms with E-state index >= 15 is 0 Å². The van der Waals surface area contributed by atoms with Crippen molar-refractivity contribution in [2.75, 3.05) is 23.3 Å². The van der Waals surface area contributed by atoms with Gasteiger partial charge in [0, 0.05) is 30.0 Å². The summed E-state index contributed by atoms with van der Waals surface area (Å²) in [6, 6.07) is 9.67. The van der Waals surface area contributed by atoms with Crippen LogP contribution in [-0.2, 0) is 0 Å². The zero-order chi connectivity index (χ0) is 19.0. The molecule has 0 spiro atoms. The van der Waals surface area contributed by atoms with Gasteiger partial charge in [0.2, 0.25) is 0 Å². The first kappa shape index (κ1) is 17.5. The molecule has 5 nitrogen and oxygen atoms in total. The lowest BCUT2D eigenvalue weighted by atomic mass is 10.0. The molecule has 1 saturated carbocycles. The Labute approximate surface area is 156 Å². The number of carbonyl (C=O) groups excluding carboxylic acids is 2. The third-order valence-electron chi connectivity index (χ3n) is 5.70. The standard InChI is InChI=1S/C21H21FN2O3/c22-19-9-15(8-16(12-25)20(19)26)21(27)23-17-4-6-18(7-5-17)24-10-13-2-1-3-14(13)11-24/h4-9,12-14,26H,1-3,10-11H2,(H,23,27)/t13-,14+. The van der Waals surface area contributed by atoms with Gasteiger partial charge < -0.3 is 15.3 Å². The van der Waals surface area contributed by atoms with Gasteiger partial charge in [-0.25, -0.2) is 4.39 Å². The van der Waals surface area contributed by atoms with Gasteiger partial charge in [0.05, 0.1) is 5.56 Å². The molecular weight excluding hydrogens is 347 g/mol. The summed E-state index contributed by atoms with van der Waals surface area (Å²) in [6.45, 7) is 2.19. The van der Waals surface area contributed by atoms with Crippen molar-refractivity contribution in [2.45, 2.75) is 19.3 Å². The Hall–Kier alpha value is -2.89. The van der Waals surface area contributed by atoms with E-state index in [1.54, 1.807) is 0 Å². The number of halogens is 1. The Kier molecular flexibility index (Phi) is 4.56. The number of aldehydes is 1. The number of benzene rings is 2. The van der Waals surface area contributed by atoms with Gasteiger partial charge in [-0.2, -0.15) is 0 Å². The normalized spacial score (nSPS) is 21.1. The van der Waals surface area contributed by atoms with Gasteiger partial charge in [-0.3, -0.25) is 9.59 Å². The van der Waals surface area contributed by atoms with Crippen molar-refractivity contribution in [3.05, 3.63) is 53.3 Å². The lowest BCUT2D eigenvalue weighted by Crippen LogP contribution is -2.20. The molecule has 0 radical (unpaired) electrons. The minimum absolute atomic E-state index is 0.0242. The van der Waals surface area contributed by atoms with E-state index < -0.39 is 17.5 Å². The Morgan fingerprint density at radius 1 is 1.15 bits per heavy atom. The summed E-state index contributed by atoms with van der Waals surface area (Å²) < 4.78 is 13.7. The van der Waals surface area contributed by atoms with E-state index in [0.29, 0.717) is 12.0 Å². The number of hydrogen-bond donors (Lipinski definition) is 2. The molecular formula is C21H21FN2O3. The molecule has 1 aliphatic heterocycles. The van der Waals surface area contributed by atoms with Crippen molar-refractivity contribution in [2.24, 2.45) is 11.8 Å².